The number of aromatic nitrogens is 1. The van der Waals surface area contributed by atoms with Crippen LogP contribution in [0.25, 0.3) is 0 Å². The van der Waals surface area contributed by atoms with Crippen LogP contribution in [0.15, 0.2) is 12.1 Å². The van der Waals surface area contributed by atoms with Crippen LogP contribution in [0.1, 0.15) is 32.0 Å². The fourth-order valence-electron chi connectivity index (χ4n) is 2.54. The summed E-state index contributed by atoms with van der Waals surface area (Å²) >= 11 is 2.05. The average molecular weight is 293 g/mol. The first-order chi connectivity index (χ1) is 9.56. The molecule has 3 nitrogen and oxygen atoms in total. The smallest absolute Gasteiger partial charge is 0.129 e. The van der Waals surface area contributed by atoms with Gasteiger partial charge in [-0.15, -0.1) is 0 Å². The third-order valence-electron chi connectivity index (χ3n) is 3.54. The molecule has 1 aromatic rings. The maximum atomic E-state index is 4.74. The second kappa shape index (κ2) is 7.32. The number of hydrogen-bond acceptors (Lipinski definition) is 4. The van der Waals surface area contributed by atoms with E-state index in [1.54, 1.807) is 0 Å². The number of anilines is 1. The lowest BCUT2D eigenvalue weighted by molar-refractivity contribution is 0.552. The van der Waals surface area contributed by atoms with Gasteiger partial charge in [0.2, 0.25) is 0 Å². The Kier molecular flexibility index (Phi) is 5.73. The largest absolute Gasteiger partial charge is 0.352 e. The molecular formula is C16H27N3S. The van der Waals surface area contributed by atoms with E-state index in [4.69, 9.17) is 4.98 Å². The third kappa shape index (κ3) is 4.38. The van der Waals surface area contributed by atoms with E-state index in [0.29, 0.717) is 12.0 Å². The van der Waals surface area contributed by atoms with Gasteiger partial charge in [0.15, 0.2) is 0 Å². The standard InChI is InChI=1S/C16H27N3S/c1-12(2)9-17-10-15-7-13(3)18-16(8-15)19-5-6-20-11-14(19)4/h7-8,12,14,17H,5-6,9-11H2,1-4H3. The first-order valence-corrected chi connectivity index (χ1v) is 8.74. The summed E-state index contributed by atoms with van der Waals surface area (Å²) in [5.41, 5.74) is 2.47. The van der Waals surface area contributed by atoms with Crippen LogP contribution >= 0.6 is 11.8 Å². The Balaban J connectivity index is 2.07. The topological polar surface area (TPSA) is 28.2 Å². The first kappa shape index (κ1) is 15.6. The van der Waals surface area contributed by atoms with Gasteiger partial charge < -0.3 is 10.2 Å². The van der Waals surface area contributed by atoms with Crippen LogP contribution in [0, 0.1) is 12.8 Å². The van der Waals surface area contributed by atoms with E-state index in [-0.39, 0.29) is 0 Å². The minimum absolute atomic E-state index is 0.583. The number of aryl methyl sites for hydroxylation is 1. The van der Waals surface area contributed by atoms with Crippen molar-refractivity contribution in [3.63, 3.8) is 0 Å². The zero-order chi connectivity index (χ0) is 14.5. The van der Waals surface area contributed by atoms with E-state index < -0.39 is 0 Å². The highest BCUT2D eigenvalue weighted by atomic mass is 32.2. The molecule has 1 aliphatic rings. The quantitative estimate of drug-likeness (QED) is 0.903. The second-order valence-electron chi connectivity index (χ2n) is 6.12. The van der Waals surface area contributed by atoms with Crippen molar-refractivity contribution in [3.05, 3.63) is 23.4 Å². The minimum atomic E-state index is 0.583. The Bertz CT molecular complexity index is 434. The van der Waals surface area contributed by atoms with Gasteiger partial charge in [-0.3, -0.25) is 0 Å². The molecule has 0 aromatic carbocycles. The summed E-state index contributed by atoms with van der Waals surface area (Å²) in [6, 6.07) is 5.03. The SMILES string of the molecule is Cc1cc(CNCC(C)C)cc(N2CCSCC2C)n1. The van der Waals surface area contributed by atoms with Crippen LogP contribution in [0.2, 0.25) is 0 Å². The predicted molar refractivity (Wildman–Crippen MR) is 89.7 cm³/mol. The van der Waals surface area contributed by atoms with E-state index in [1.165, 1.54) is 17.1 Å². The molecule has 1 unspecified atom stereocenters. The van der Waals surface area contributed by atoms with Gasteiger partial charge in [-0.05, 0) is 44.0 Å². The molecule has 1 N–H and O–H groups in total. The maximum Gasteiger partial charge on any atom is 0.129 e. The number of nitrogens with one attached hydrogen (secondary N) is 1. The molecule has 112 valence electrons. The Morgan fingerprint density at radius 2 is 2.25 bits per heavy atom. The van der Waals surface area contributed by atoms with Gasteiger partial charge in [0.05, 0.1) is 0 Å². The van der Waals surface area contributed by atoms with Crippen molar-refractivity contribution in [1.29, 1.82) is 0 Å². The summed E-state index contributed by atoms with van der Waals surface area (Å²) in [4.78, 5) is 7.19. The molecule has 1 aromatic heterocycles. The number of rotatable bonds is 5. The van der Waals surface area contributed by atoms with Gasteiger partial charge in [-0.1, -0.05) is 13.8 Å². The maximum absolute atomic E-state index is 4.74. The first-order valence-electron chi connectivity index (χ1n) is 7.59. The van der Waals surface area contributed by atoms with E-state index >= 15 is 0 Å². The minimum Gasteiger partial charge on any atom is -0.352 e. The molecule has 0 aliphatic carbocycles. The summed E-state index contributed by atoms with van der Waals surface area (Å²) in [6.07, 6.45) is 0. The van der Waals surface area contributed by atoms with E-state index in [9.17, 15) is 0 Å². The molecule has 0 saturated carbocycles. The van der Waals surface area contributed by atoms with E-state index in [0.717, 1.165) is 31.1 Å². The summed E-state index contributed by atoms with van der Waals surface area (Å²) in [5, 5.41) is 3.52. The summed E-state index contributed by atoms with van der Waals surface area (Å²) in [7, 11) is 0. The van der Waals surface area contributed by atoms with E-state index in [2.05, 4.69) is 50.0 Å². The van der Waals surface area contributed by atoms with Crippen LogP contribution in [-0.4, -0.2) is 35.6 Å². The molecule has 2 rings (SSSR count). The Morgan fingerprint density at radius 1 is 1.45 bits per heavy atom. The van der Waals surface area contributed by atoms with Crippen molar-refractivity contribution in [2.24, 2.45) is 5.92 Å². The zero-order valence-electron chi connectivity index (χ0n) is 13.1. The molecule has 4 heteroatoms. The lowest BCUT2D eigenvalue weighted by Gasteiger charge is -2.34. The van der Waals surface area contributed by atoms with Crippen molar-refractivity contribution < 1.29 is 0 Å². The zero-order valence-corrected chi connectivity index (χ0v) is 14.0. The van der Waals surface area contributed by atoms with E-state index in [1.807, 2.05) is 11.8 Å². The number of nitrogens with zero attached hydrogens (tertiary/aromatic N) is 2. The molecule has 1 aliphatic heterocycles. The van der Waals surface area contributed by atoms with Crippen molar-refractivity contribution in [2.75, 3.05) is 29.5 Å². The predicted octanol–water partition coefficient (Wildman–Crippen LogP) is 3.08. The lowest BCUT2D eigenvalue weighted by Crippen LogP contribution is -2.41. The van der Waals surface area contributed by atoms with Crippen LogP contribution in [0.4, 0.5) is 5.82 Å². The average Bonchev–Trinajstić information content (AvgIpc) is 2.38. The molecule has 1 atom stereocenters. The summed E-state index contributed by atoms with van der Waals surface area (Å²) < 4.78 is 0. The van der Waals surface area contributed by atoms with Gasteiger partial charge >= 0.3 is 0 Å². The van der Waals surface area contributed by atoms with Crippen molar-refractivity contribution >= 4 is 17.6 Å². The number of pyridine rings is 1. The van der Waals surface area contributed by atoms with Gasteiger partial charge in [-0.2, -0.15) is 11.8 Å². The number of thioether (sulfide) groups is 1. The Labute approximate surface area is 127 Å². The van der Waals surface area contributed by atoms with Gasteiger partial charge in [0.25, 0.3) is 0 Å². The van der Waals surface area contributed by atoms with Crippen molar-refractivity contribution in [2.45, 2.75) is 40.3 Å². The molecule has 0 amide bonds. The monoisotopic (exact) mass is 293 g/mol. The van der Waals surface area contributed by atoms with Crippen LogP contribution < -0.4 is 10.2 Å². The molecule has 1 fully saturated rings. The van der Waals surface area contributed by atoms with Crippen LogP contribution in [-0.2, 0) is 6.54 Å². The van der Waals surface area contributed by atoms with Gasteiger partial charge in [0, 0.05) is 36.3 Å². The van der Waals surface area contributed by atoms with Crippen LogP contribution in [0.5, 0.6) is 0 Å². The Hall–Kier alpha value is -0.740. The number of hydrogen-bond donors (Lipinski definition) is 1. The Morgan fingerprint density at radius 3 is 2.95 bits per heavy atom. The fourth-order valence-corrected chi connectivity index (χ4v) is 3.56. The van der Waals surface area contributed by atoms with Gasteiger partial charge in [-0.25, -0.2) is 4.98 Å². The second-order valence-corrected chi connectivity index (χ2v) is 7.27. The van der Waals surface area contributed by atoms with Crippen molar-refractivity contribution in [3.8, 4) is 0 Å². The highest BCUT2D eigenvalue weighted by Gasteiger charge is 2.20. The third-order valence-corrected chi connectivity index (χ3v) is 4.73. The fraction of sp³-hybridized carbons (Fsp3) is 0.688. The lowest BCUT2D eigenvalue weighted by atomic mass is 10.2. The molecule has 1 saturated heterocycles. The van der Waals surface area contributed by atoms with Crippen LogP contribution in [0.3, 0.4) is 0 Å². The molecule has 0 spiro atoms. The highest BCUT2D eigenvalue weighted by molar-refractivity contribution is 7.99. The summed E-state index contributed by atoms with van der Waals surface area (Å²) in [6.45, 7) is 12.0. The highest BCUT2D eigenvalue weighted by Crippen LogP contribution is 2.23. The molecule has 0 bridgehead atoms. The van der Waals surface area contributed by atoms with Gasteiger partial charge in [0.1, 0.15) is 5.82 Å². The molecule has 0 radical (unpaired) electrons. The normalized spacial score (nSPS) is 19.6. The molecular weight excluding hydrogens is 266 g/mol. The molecule has 2 heterocycles. The summed E-state index contributed by atoms with van der Waals surface area (Å²) in [5.74, 6) is 4.26. The molecule has 20 heavy (non-hydrogen) atoms. The van der Waals surface area contributed by atoms with Crippen molar-refractivity contribution in [1.82, 2.24) is 10.3 Å².